The van der Waals surface area contributed by atoms with Crippen LogP contribution in [0.15, 0.2) is 11.6 Å². The minimum absolute atomic E-state index is 0.306. The average molecular weight is 170 g/mol. The number of aliphatic hydroxyl groups is 1. The molecule has 0 spiro atoms. The van der Waals surface area contributed by atoms with Crippen molar-refractivity contribution in [3.05, 3.63) is 11.6 Å². The van der Waals surface area contributed by atoms with Gasteiger partial charge >= 0.3 is 0 Å². The van der Waals surface area contributed by atoms with E-state index in [0.29, 0.717) is 6.61 Å². The minimum atomic E-state index is -0.306. The van der Waals surface area contributed by atoms with Crippen LogP contribution in [0.4, 0.5) is 0 Å². The fourth-order valence-corrected chi connectivity index (χ4v) is 1.64. The molecule has 1 N–H and O–H groups in total. The number of methoxy groups -OCH3 is 1. The highest BCUT2D eigenvalue weighted by molar-refractivity contribution is 5.06. The second-order valence-electron chi connectivity index (χ2n) is 3.42. The molecule has 2 nitrogen and oxygen atoms in total. The third-order valence-corrected chi connectivity index (χ3v) is 2.24. The number of hydrogen-bond donors (Lipinski definition) is 1. The zero-order valence-corrected chi connectivity index (χ0v) is 7.75. The van der Waals surface area contributed by atoms with E-state index in [9.17, 15) is 5.11 Å². The fraction of sp³-hybridized carbons (Fsp3) is 0.800. The molecule has 0 aliphatic heterocycles. The van der Waals surface area contributed by atoms with E-state index < -0.39 is 0 Å². The summed E-state index contributed by atoms with van der Waals surface area (Å²) in [6, 6.07) is 0. The Hall–Kier alpha value is -0.340. The molecule has 12 heavy (non-hydrogen) atoms. The first kappa shape index (κ1) is 9.75. The molecule has 1 rings (SSSR count). The van der Waals surface area contributed by atoms with Gasteiger partial charge in [0.15, 0.2) is 0 Å². The maximum absolute atomic E-state index is 9.44. The summed E-state index contributed by atoms with van der Waals surface area (Å²) in [4.78, 5) is 0. The lowest BCUT2D eigenvalue weighted by molar-refractivity contribution is 0.0643. The van der Waals surface area contributed by atoms with Crippen molar-refractivity contribution in [3.63, 3.8) is 0 Å². The monoisotopic (exact) mass is 170 g/mol. The lowest BCUT2D eigenvalue weighted by Crippen LogP contribution is -2.15. The maximum Gasteiger partial charge on any atom is 0.0810 e. The Labute approximate surface area is 74.2 Å². The van der Waals surface area contributed by atoms with E-state index in [1.54, 1.807) is 7.11 Å². The van der Waals surface area contributed by atoms with Gasteiger partial charge in [0.1, 0.15) is 0 Å². The predicted octanol–water partition coefficient (Wildman–Crippen LogP) is 1.88. The number of allylic oxidation sites excluding steroid dienone is 1. The van der Waals surface area contributed by atoms with Crippen LogP contribution in [0.1, 0.15) is 32.1 Å². The molecule has 2 heteroatoms. The third kappa shape index (κ3) is 3.37. The second kappa shape index (κ2) is 5.33. The van der Waals surface area contributed by atoms with Crippen molar-refractivity contribution in [1.82, 2.24) is 0 Å². The Morgan fingerprint density at radius 3 is 3.00 bits per heavy atom. The van der Waals surface area contributed by atoms with Gasteiger partial charge in [-0.1, -0.05) is 11.6 Å². The first-order chi connectivity index (χ1) is 5.83. The summed E-state index contributed by atoms with van der Waals surface area (Å²) in [7, 11) is 1.62. The van der Waals surface area contributed by atoms with Crippen molar-refractivity contribution in [1.29, 1.82) is 0 Å². The minimum Gasteiger partial charge on any atom is -0.390 e. The molecule has 1 atom stereocenters. The van der Waals surface area contributed by atoms with Crippen LogP contribution >= 0.6 is 0 Å². The third-order valence-electron chi connectivity index (χ3n) is 2.24. The average Bonchev–Trinajstić information content (AvgIpc) is 2.06. The van der Waals surface area contributed by atoms with E-state index in [1.807, 2.05) is 0 Å². The van der Waals surface area contributed by atoms with Gasteiger partial charge in [-0.25, -0.2) is 0 Å². The summed E-state index contributed by atoms with van der Waals surface area (Å²) >= 11 is 0. The van der Waals surface area contributed by atoms with Gasteiger partial charge in [0.25, 0.3) is 0 Å². The zero-order chi connectivity index (χ0) is 8.81. The second-order valence-corrected chi connectivity index (χ2v) is 3.42. The lowest BCUT2D eigenvalue weighted by atomic mass is 9.95. The van der Waals surface area contributed by atoms with Crippen LogP contribution < -0.4 is 0 Å². The van der Waals surface area contributed by atoms with Crippen LogP contribution in [0, 0.1) is 0 Å². The standard InChI is InChI=1S/C10H18O2/c1-12-8-10(11)7-9-5-3-2-4-6-9/h5,10-11H,2-4,6-8H2,1H3. The first-order valence-electron chi connectivity index (χ1n) is 4.68. The number of rotatable bonds is 4. The van der Waals surface area contributed by atoms with E-state index in [2.05, 4.69) is 6.08 Å². The van der Waals surface area contributed by atoms with Gasteiger partial charge in [0, 0.05) is 7.11 Å². The molecule has 0 fully saturated rings. The van der Waals surface area contributed by atoms with Crippen LogP contribution in [-0.2, 0) is 4.74 Å². The number of aliphatic hydroxyl groups excluding tert-OH is 1. The van der Waals surface area contributed by atoms with Crippen LogP contribution in [0.5, 0.6) is 0 Å². The van der Waals surface area contributed by atoms with Crippen molar-refractivity contribution < 1.29 is 9.84 Å². The van der Waals surface area contributed by atoms with Gasteiger partial charge in [-0.15, -0.1) is 0 Å². The van der Waals surface area contributed by atoms with Gasteiger partial charge in [-0.05, 0) is 32.1 Å². The fourth-order valence-electron chi connectivity index (χ4n) is 1.64. The summed E-state index contributed by atoms with van der Waals surface area (Å²) in [5, 5.41) is 9.44. The summed E-state index contributed by atoms with van der Waals surface area (Å²) in [6.45, 7) is 0.456. The summed E-state index contributed by atoms with van der Waals surface area (Å²) in [5.41, 5.74) is 1.41. The van der Waals surface area contributed by atoms with E-state index >= 15 is 0 Å². The highest BCUT2D eigenvalue weighted by Crippen LogP contribution is 2.21. The Bertz CT molecular complexity index is 152. The van der Waals surface area contributed by atoms with Crippen molar-refractivity contribution >= 4 is 0 Å². The van der Waals surface area contributed by atoms with Gasteiger partial charge in [0.05, 0.1) is 12.7 Å². The number of ether oxygens (including phenoxy) is 1. The normalized spacial score (nSPS) is 20.3. The van der Waals surface area contributed by atoms with Gasteiger partial charge in [0.2, 0.25) is 0 Å². The SMILES string of the molecule is COCC(O)CC1=CCCCC1. The van der Waals surface area contributed by atoms with Crippen molar-refractivity contribution in [3.8, 4) is 0 Å². The highest BCUT2D eigenvalue weighted by atomic mass is 16.5. The van der Waals surface area contributed by atoms with Gasteiger partial charge in [-0.3, -0.25) is 0 Å². The molecule has 1 unspecified atom stereocenters. The quantitative estimate of drug-likeness (QED) is 0.653. The van der Waals surface area contributed by atoms with Crippen LogP contribution in [-0.4, -0.2) is 24.9 Å². The molecule has 1 aliphatic carbocycles. The Kier molecular flexibility index (Phi) is 4.33. The Morgan fingerprint density at radius 1 is 1.58 bits per heavy atom. The molecule has 0 radical (unpaired) electrons. The van der Waals surface area contributed by atoms with Crippen molar-refractivity contribution in [2.45, 2.75) is 38.2 Å². The van der Waals surface area contributed by atoms with E-state index in [4.69, 9.17) is 4.74 Å². The predicted molar refractivity (Wildman–Crippen MR) is 49.1 cm³/mol. The zero-order valence-electron chi connectivity index (χ0n) is 7.75. The molecule has 0 amide bonds. The molecule has 70 valence electrons. The topological polar surface area (TPSA) is 29.5 Å². The van der Waals surface area contributed by atoms with E-state index in [0.717, 1.165) is 6.42 Å². The molecule has 0 bridgehead atoms. The molecular formula is C10H18O2. The largest absolute Gasteiger partial charge is 0.390 e. The summed E-state index contributed by atoms with van der Waals surface area (Å²) in [5.74, 6) is 0. The lowest BCUT2D eigenvalue weighted by Gasteiger charge is -2.15. The molecule has 0 saturated heterocycles. The maximum atomic E-state index is 9.44. The molecule has 0 heterocycles. The van der Waals surface area contributed by atoms with Gasteiger partial charge < -0.3 is 9.84 Å². The van der Waals surface area contributed by atoms with Crippen molar-refractivity contribution in [2.75, 3.05) is 13.7 Å². The van der Waals surface area contributed by atoms with Gasteiger partial charge in [-0.2, -0.15) is 0 Å². The highest BCUT2D eigenvalue weighted by Gasteiger charge is 2.09. The van der Waals surface area contributed by atoms with Crippen LogP contribution in [0.3, 0.4) is 0 Å². The first-order valence-corrected chi connectivity index (χ1v) is 4.68. The molecule has 0 aromatic rings. The Morgan fingerprint density at radius 2 is 2.42 bits per heavy atom. The molecule has 0 aromatic carbocycles. The summed E-state index contributed by atoms with van der Waals surface area (Å²) in [6.07, 6.45) is 7.71. The molecule has 1 aliphatic rings. The van der Waals surface area contributed by atoms with E-state index in [-0.39, 0.29) is 6.10 Å². The molecular weight excluding hydrogens is 152 g/mol. The smallest absolute Gasteiger partial charge is 0.0810 e. The van der Waals surface area contributed by atoms with Crippen LogP contribution in [0.25, 0.3) is 0 Å². The van der Waals surface area contributed by atoms with E-state index in [1.165, 1.54) is 31.3 Å². The molecule has 0 saturated carbocycles. The Balaban J connectivity index is 2.24. The summed E-state index contributed by atoms with van der Waals surface area (Å²) < 4.78 is 4.87. The van der Waals surface area contributed by atoms with Crippen molar-refractivity contribution in [2.24, 2.45) is 0 Å². The van der Waals surface area contributed by atoms with Crippen LogP contribution in [0.2, 0.25) is 0 Å². The molecule has 0 aromatic heterocycles. The number of hydrogen-bond acceptors (Lipinski definition) is 2.